The van der Waals surface area contributed by atoms with Crippen molar-refractivity contribution < 1.29 is 9.21 Å². The number of aromatic nitrogens is 1. The van der Waals surface area contributed by atoms with Crippen molar-refractivity contribution in [1.82, 2.24) is 14.8 Å². The Labute approximate surface area is 110 Å². The molecule has 0 radical (unpaired) electrons. The number of fused-ring (bicyclic) bond motifs is 1. The van der Waals surface area contributed by atoms with Crippen molar-refractivity contribution >= 4 is 17.0 Å². The molecule has 0 aliphatic heterocycles. The maximum atomic E-state index is 11.9. The van der Waals surface area contributed by atoms with Gasteiger partial charge >= 0.3 is 5.76 Å². The van der Waals surface area contributed by atoms with Gasteiger partial charge in [0, 0.05) is 25.7 Å². The molecule has 1 aromatic heterocycles. The maximum Gasteiger partial charge on any atom is 0.419 e. The fourth-order valence-electron chi connectivity index (χ4n) is 1.77. The van der Waals surface area contributed by atoms with Crippen LogP contribution in [-0.2, 0) is 7.05 Å². The molecule has 0 aliphatic carbocycles. The molecule has 0 spiro atoms. The minimum absolute atomic E-state index is 0.171. The summed E-state index contributed by atoms with van der Waals surface area (Å²) in [4.78, 5) is 25.2. The van der Waals surface area contributed by atoms with Gasteiger partial charge in [-0.3, -0.25) is 9.36 Å². The number of hydrogen-bond donors (Lipinski definition) is 1. The summed E-state index contributed by atoms with van der Waals surface area (Å²) in [5.41, 5.74) is 1.59. The summed E-state index contributed by atoms with van der Waals surface area (Å²) in [5.74, 6) is -0.601. The van der Waals surface area contributed by atoms with Crippen molar-refractivity contribution in [2.24, 2.45) is 7.05 Å². The highest BCUT2D eigenvalue weighted by Gasteiger charge is 2.10. The van der Waals surface area contributed by atoms with Crippen LogP contribution < -0.4 is 11.1 Å². The Bertz CT molecular complexity index is 655. The van der Waals surface area contributed by atoms with E-state index >= 15 is 0 Å². The summed E-state index contributed by atoms with van der Waals surface area (Å²) in [6.45, 7) is 1.34. The van der Waals surface area contributed by atoms with Crippen molar-refractivity contribution in [2.75, 3.05) is 27.2 Å². The zero-order valence-electron chi connectivity index (χ0n) is 11.3. The summed E-state index contributed by atoms with van der Waals surface area (Å²) in [5, 5.41) is 2.81. The van der Waals surface area contributed by atoms with Crippen LogP contribution in [0.4, 0.5) is 0 Å². The molecule has 2 rings (SSSR count). The lowest BCUT2D eigenvalue weighted by atomic mass is 10.2. The van der Waals surface area contributed by atoms with E-state index in [0.717, 1.165) is 6.54 Å². The van der Waals surface area contributed by atoms with Gasteiger partial charge in [0.05, 0.1) is 5.52 Å². The molecular weight excluding hydrogens is 246 g/mol. The number of nitrogens with zero attached hydrogens (tertiary/aromatic N) is 2. The van der Waals surface area contributed by atoms with E-state index < -0.39 is 5.76 Å². The van der Waals surface area contributed by atoms with E-state index in [0.29, 0.717) is 23.2 Å². The molecule has 0 saturated carbocycles. The van der Waals surface area contributed by atoms with Gasteiger partial charge in [-0.05, 0) is 32.3 Å². The lowest BCUT2D eigenvalue weighted by Crippen LogP contribution is -2.31. The average Bonchev–Trinajstić information content (AvgIpc) is 2.64. The first-order chi connectivity index (χ1) is 8.99. The zero-order valence-corrected chi connectivity index (χ0v) is 11.3. The van der Waals surface area contributed by atoms with E-state index in [-0.39, 0.29) is 5.91 Å². The van der Waals surface area contributed by atoms with E-state index in [1.165, 1.54) is 4.57 Å². The van der Waals surface area contributed by atoms with Crippen molar-refractivity contribution in [2.45, 2.75) is 0 Å². The minimum Gasteiger partial charge on any atom is -0.408 e. The third kappa shape index (κ3) is 2.85. The quantitative estimate of drug-likeness (QED) is 0.868. The molecular formula is C13H17N3O3. The van der Waals surface area contributed by atoms with Gasteiger partial charge in [-0.25, -0.2) is 4.79 Å². The second kappa shape index (κ2) is 5.27. The van der Waals surface area contributed by atoms with Gasteiger partial charge in [0.1, 0.15) is 0 Å². The number of nitrogens with one attached hydrogen (secondary N) is 1. The molecule has 1 heterocycles. The average molecular weight is 263 g/mol. The smallest absolute Gasteiger partial charge is 0.408 e. The first kappa shape index (κ1) is 13.4. The van der Waals surface area contributed by atoms with Crippen molar-refractivity contribution in [3.05, 3.63) is 34.3 Å². The Morgan fingerprint density at radius 2 is 2.16 bits per heavy atom. The van der Waals surface area contributed by atoms with Gasteiger partial charge in [0.15, 0.2) is 5.58 Å². The molecule has 2 aromatic rings. The molecule has 0 unspecified atom stereocenters. The number of amides is 1. The van der Waals surface area contributed by atoms with E-state index in [4.69, 9.17) is 4.42 Å². The van der Waals surface area contributed by atoms with Crippen LogP contribution in [0.3, 0.4) is 0 Å². The normalized spacial score (nSPS) is 11.2. The number of carbonyl (C=O) groups is 1. The van der Waals surface area contributed by atoms with E-state index in [1.807, 2.05) is 19.0 Å². The number of benzene rings is 1. The molecule has 19 heavy (non-hydrogen) atoms. The van der Waals surface area contributed by atoms with Gasteiger partial charge in [0.2, 0.25) is 0 Å². The Hall–Kier alpha value is -2.08. The van der Waals surface area contributed by atoms with E-state index in [1.54, 1.807) is 25.2 Å². The van der Waals surface area contributed by atoms with Gasteiger partial charge < -0.3 is 14.6 Å². The predicted octanol–water partition coefficient (Wildman–Crippen LogP) is 0.423. The third-order valence-corrected chi connectivity index (χ3v) is 2.90. The summed E-state index contributed by atoms with van der Waals surface area (Å²) < 4.78 is 6.46. The Morgan fingerprint density at radius 1 is 1.42 bits per heavy atom. The molecule has 0 fully saturated rings. The summed E-state index contributed by atoms with van der Waals surface area (Å²) in [6, 6.07) is 4.98. The highest BCUT2D eigenvalue weighted by atomic mass is 16.4. The molecule has 1 aromatic carbocycles. The highest BCUT2D eigenvalue weighted by Crippen LogP contribution is 2.14. The zero-order chi connectivity index (χ0) is 14.0. The molecule has 1 N–H and O–H groups in total. The van der Waals surface area contributed by atoms with Crippen molar-refractivity contribution in [3.8, 4) is 0 Å². The van der Waals surface area contributed by atoms with Crippen LogP contribution in [0, 0.1) is 0 Å². The highest BCUT2D eigenvalue weighted by molar-refractivity contribution is 5.97. The predicted molar refractivity (Wildman–Crippen MR) is 72.3 cm³/mol. The molecule has 0 bridgehead atoms. The number of carbonyl (C=O) groups excluding carboxylic acids is 1. The van der Waals surface area contributed by atoms with Crippen LogP contribution in [0.2, 0.25) is 0 Å². The van der Waals surface area contributed by atoms with Gasteiger partial charge in [-0.2, -0.15) is 0 Å². The lowest BCUT2D eigenvalue weighted by molar-refractivity contribution is 0.0951. The van der Waals surface area contributed by atoms with E-state index in [2.05, 4.69) is 5.32 Å². The molecule has 0 atom stereocenters. The third-order valence-electron chi connectivity index (χ3n) is 2.90. The lowest BCUT2D eigenvalue weighted by Gasteiger charge is -2.10. The SMILES string of the molecule is CN(C)CCNC(=O)c1ccc2c(c1)oc(=O)n2C. The van der Waals surface area contributed by atoms with Crippen LogP contribution >= 0.6 is 0 Å². The Balaban J connectivity index is 2.17. The van der Waals surface area contributed by atoms with Crippen LogP contribution in [0.1, 0.15) is 10.4 Å². The van der Waals surface area contributed by atoms with Gasteiger partial charge in [0.25, 0.3) is 5.91 Å². The van der Waals surface area contributed by atoms with Gasteiger partial charge in [-0.15, -0.1) is 0 Å². The molecule has 102 valence electrons. The van der Waals surface area contributed by atoms with Crippen LogP contribution in [0.25, 0.3) is 11.1 Å². The number of likely N-dealkylation sites (N-methyl/N-ethyl adjacent to an activating group) is 1. The fraction of sp³-hybridized carbons (Fsp3) is 0.385. The first-order valence-electron chi connectivity index (χ1n) is 6.01. The molecule has 1 amide bonds. The standard InChI is InChI=1S/C13H17N3O3/c1-15(2)7-6-14-12(17)9-4-5-10-11(8-9)19-13(18)16(10)3/h4-5,8H,6-7H2,1-3H3,(H,14,17). The van der Waals surface area contributed by atoms with Crippen LogP contribution in [0.5, 0.6) is 0 Å². The number of rotatable bonds is 4. The fourth-order valence-corrected chi connectivity index (χ4v) is 1.77. The Kier molecular flexibility index (Phi) is 3.71. The summed E-state index contributed by atoms with van der Waals surface area (Å²) in [7, 11) is 5.51. The minimum atomic E-state index is -0.430. The largest absolute Gasteiger partial charge is 0.419 e. The first-order valence-corrected chi connectivity index (χ1v) is 6.01. The maximum absolute atomic E-state index is 11.9. The topological polar surface area (TPSA) is 67.5 Å². The summed E-state index contributed by atoms with van der Waals surface area (Å²) in [6.07, 6.45) is 0. The molecule has 0 aliphatic rings. The Morgan fingerprint density at radius 3 is 2.84 bits per heavy atom. The molecule has 6 heteroatoms. The van der Waals surface area contributed by atoms with Crippen molar-refractivity contribution in [1.29, 1.82) is 0 Å². The number of aryl methyl sites for hydroxylation is 1. The van der Waals surface area contributed by atoms with Gasteiger partial charge in [-0.1, -0.05) is 0 Å². The monoisotopic (exact) mass is 263 g/mol. The number of hydrogen-bond acceptors (Lipinski definition) is 4. The number of oxazole rings is 1. The summed E-state index contributed by atoms with van der Waals surface area (Å²) >= 11 is 0. The van der Waals surface area contributed by atoms with Crippen molar-refractivity contribution in [3.63, 3.8) is 0 Å². The van der Waals surface area contributed by atoms with Crippen LogP contribution in [0.15, 0.2) is 27.4 Å². The van der Waals surface area contributed by atoms with E-state index in [9.17, 15) is 9.59 Å². The molecule has 6 nitrogen and oxygen atoms in total. The van der Waals surface area contributed by atoms with Crippen LogP contribution in [-0.4, -0.2) is 42.6 Å². The second-order valence-electron chi connectivity index (χ2n) is 4.67. The second-order valence-corrected chi connectivity index (χ2v) is 4.67. The molecule has 0 saturated heterocycles.